The molecule has 0 spiro atoms. The average molecular weight is 274 g/mol. The second-order valence-electron chi connectivity index (χ2n) is 5.93. The minimum absolute atomic E-state index is 0.170. The predicted octanol–water partition coefficient (Wildman–Crippen LogP) is 2.44. The van der Waals surface area contributed by atoms with Crippen LogP contribution in [0.25, 0.3) is 11.0 Å². The maximum absolute atomic E-state index is 10.8. The summed E-state index contributed by atoms with van der Waals surface area (Å²) in [6.07, 6.45) is 4.35. The molecule has 1 fully saturated rings. The third-order valence-electron chi connectivity index (χ3n) is 4.48. The van der Waals surface area contributed by atoms with Gasteiger partial charge in [0.15, 0.2) is 0 Å². The van der Waals surface area contributed by atoms with Crippen LogP contribution in [0.15, 0.2) is 24.3 Å². The van der Waals surface area contributed by atoms with Crippen LogP contribution in [0.2, 0.25) is 0 Å². The number of hydrogen-bond acceptors (Lipinski definition) is 3. The minimum Gasteiger partial charge on any atom is -0.389 e. The molecule has 1 aromatic carbocycles. The Morgan fingerprint density at radius 3 is 3.00 bits per heavy atom. The number of fused-ring (bicyclic) bond motifs is 1. The largest absolute Gasteiger partial charge is 0.389 e. The first-order valence-electron chi connectivity index (χ1n) is 7.27. The lowest BCUT2D eigenvalue weighted by atomic mass is 9.80. The molecule has 0 bridgehead atoms. The van der Waals surface area contributed by atoms with Crippen molar-refractivity contribution in [1.82, 2.24) is 9.55 Å². The molecule has 0 saturated heterocycles. The first-order chi connectivity index (χ1) is 9.61. The lowest BCUT2D eigenvalue weighted by Crippen LogP contribution is -2.40. The van der Waals surface area contributed by atoms with Gasteiger partial charge in [-0.15, -0.1) is 0 Å². The highest BCUT2D eigenvalue weighted by molar-refractivity contribution is 5.75. The van der Waals surface area contributed by atoms with E-state index < -0.39 is 5.60 Å². The van der Waals surface area contributed by atoms with Crippen molar-refractivity contribution in [2.24, 2.45) is 7.05 Å². The van der Waals surface area contributed by atoms with Crippen molar-refractivity contribution in [2.45, 2.75) is 43.8 Å². The summed E-state index contributed by atoms with van der Waals surface area (Å²) in [5, 5.41) is 10.8. The van der Waals surface area contributed by atoms with Gasteiger partial charge >= 0.3 is 0 Å². The van der Waals surface area contributed by atoms with E-state index in [4.69, 9.17) is 4.74 Å². The van der Waals surface area contributed by atoms with Crippen LogP contribution in [0.5, 0.6) is 0 Å². The Hall–Kier alpha value is -1.39. The summed E-state index contributed by atoms with van der Waals surface area (Å²) in [4.78, 5) is 4.66. The number of benzene rings is 1. The Morgan fingerprint density at radius 2 is 2.25 bits per heavy atom. The standard InChI is InChI=1S/C16H22N2O2/c1-18-14-8-4-3-7-13(14)17-15(18)11-16(19)9-5-6-12(10-16)20-2/h3-4,7-8,12,19H,5-6,9-11H2,1-2H3. The van der Waals surface area contributed by atoms with Gasteiger partial charge in [0.2, 0.25) is 0 Å². The number of aliphatic hydroxyl groups is 1. The van der Waals surface area contributed by atoms with Gasteiger partial charge in [0, 0.05) is 27.0 Å². The molecule has 1 aliphatic carbocycles. The molecule has 1 N–H and O–H groups in total. The number of imidazole rings is 1. The number of ether oxygens (including phenoxy) is 1. The molecular formula is C16H22N2O2. The van der Waals surface area contributed by atoms with Gasteiger partial charge in [-0.05, 0) is 31.4 Å². The van der Waals surface area contributed by atoms with Crippen molar-refractivity contribution in [2.75, 3.05) is 7.11 Å². The SMILES string of the molecule is COC1CCCC(O)(Cc2nc3ccccc3n2C)C1. The van der Waals surface area contributed by atoms with Gasteiger partial charge in [0.1, 0.15) is 5.82 Å². The molecule has 2 aromatic rings. The molecule has 3 rings (SSSR count). The molecular weight excluding hydrogens is 252 g/mol. The zero-order valence-corrected chi connectivity index (χ0v) is 12.2. The van der Waals surface area contributed by atoms with E-state index in [1.54, 1.807) is 7.11 Å². The van der Waals surface area contributed by atoms with Crippen LogP contribution in [0.4, 0.5) is 0 Å². The van der Waals surface area contributed by atoms with Crippen molar-refractivity contribution in [1.29, 1.82) is 0 Å². The Balaban J connectivity index is 1.86. The summed E-state index contributed by atoms with van der Waals surface area (Å²) in [7, 11) is 3.75. The quantitative estimate of drug-likeness (QED) is 0.935. The molecule has 0 radical (unpaired) electrons. The number of hydrogen-bond donors (Lipinski definition) is 1. The number of para-hydroxylation sites is 2. The van der Waals surface area contributed by atoms with Gasteiger partial charge in [0.25, 0.3) is 0 Å². The molecule has 1 heterocycles. The first kappa shape index (κ1) is 13.6. The first-order valence-corrected chi connectivity index (χ1v) is 7.27. The molecule has 1 saturated carbocycles. The van der Waals surface area contributed by atoms with Gasteiger partial charge in [-0.1, -0.05) is 12.1 Å². The van der Waals surface area contributed by atoms with E-state index in [1.807, 2.05) is 25.2 Å². The van der Waals surface area contributed by atoms with Crippen LogP contribution in [-0.2, 0) is 18.2 Å². The fourth-order valence-electron chi connectivity index (χ4n) is 3.30. The van der Waals surface area contributed by atoms with E-state index in [-0.39, 0.29) is 6.10 Å². The molecule has 4 heteroatoms. The summed E-state index contributed by atoms with van der Waals surface area (Å²) in [5.41, 5.74) is 1.42. The lowest BCUT2D eigenvalue weighted by Gasteiger charge is -2.36. The van der Waals surface area contributed by atoms with Crippen LogP contribution in [0, 0.1) is 0 Å². The monoisotopic (exact) mass is 274 g/mol. The Labute approximate surface area is 119 Å². The summed E-state index contributed by atoms with van der Waals surface area (Å²) < 4.78 is 7.51. The van der Waals surface area contributed by atoms with E-state index in [1.165, 1.54) is 0 Å². The maximum atomic E-state index is 10.8. The average Bonchev–Trinajstić information content (AvgIpc) is 2.75. The molecule has 2 atom stereocenters. The van der Waals surface area contributed by atoms with E-state index in [9.17, 15) is 5.11 Å². The highest BCUT2D eigenvalue weighted by Crippen LogP contribution is 2.33. The fourth-order valence-corrected chi connectivity index (χ4v) is 3.30. The van der Waals surface area contributed by atoms with Crippen molar-refractivity contribution >= 4 is 11.0 Å². The van der Waals surface area contributed by atoms with Gasteiger partial charge in [-0.25, -0.2) is 4.98 Å². The molecule has 4 nitrogen and oxygen atoms in total. The Kier molecular flexibility index (Phi) is 3.52. The van der Waals surface area contributed by atoms with Crippen LogP contribution in [0.3, 0.4) is 0 Å². The highest BCUT2D eigenvalue weighted by atomic mass is 16.5. The van der Waals surface area contributed by atoms with Crippen LogP contribution in [0.1, 0.15) is 31.5 Å². The van der Waals surface area contributed by atoms with E-state index in [2.05, 4.69) is 15.6 Å². The molecule has 0 aliphatic heterocycles. The normalized spacial score (nSPS) is 27.1. The van der Waals surface area contributed by atoms with E-state index in [0.717, 1.165) is 36.1 Å². The third-order valence-corrected chi connectivity index (χ3v) is 4.48. The van der Waals surface area contributed by atoms with Crippen molar-refractivity contribution in [3.8, 4) is 0 Å². The molecule has 1 aromatic heterocycles. The van der Waals surface area contributed by atoms with Crippen molar-refractivity contribution in [3.05, 3.63) is 30.1 Å². The zero-order chi connectivity index (χ0) is 14.2. The highest BCUT2D eigenvalue weighted by Gasteiger charge is 2.35. The van der Waals surface area contributed by atoms with Gasteiger partial charge in [0.05, 0.1) is 22.7 Å². The second-order valence-corrected chi connectivity index (χ2v) is 5.93. The molecule has 0 amide bonds. The van der Waals surface area contributed by atoms with Gasteiger partial charge < -0.3 is 14.4 Å². The molecule has 2 unspecified atom stereocenters. The number of methoxy groups -OCH3 is 1. The lowest BCUT2D eigenvalue weighted by molar-refractivity contribution is -0.0593. The molecule has 108 valence electrons. The topological polar surface area (TPSA) is 47.3 Å². The van der Waals surface area contributed by atoms with Crippen LogP contribution in [-0.4, -0.2) is 33.5 Å². The Bertz CT molecular complexity index is 608. The Morgan fingerprint density at radius 1 is 1.45 bits per heavy atom. The maximum Gasteiger partial charge on any atom is 0.112 e. The molecule has 20 heavy (non-hydrogen) atoms. The summed E-state index contributed by atoms with van der Waals surface area (Å²) in [6, 6.07) is 8.09. The van der Waals surface area contributed by atoms with Crippen LogP contribution >= 0.6 is 0 Å². The van der Waals surface area contributed by atoms with Crippen molar-refractivity contribution < 1.29 is 9.84 Å². The summed E-state index contributed by atoms with van der Waals surface area (Å²) in [6.45, 7) is 0. The number of aryl methyl sites for hydroxylation is 1. The second kappa shape index (κ2) is 5.19. The summed E-state index contributed by atoms with van der Waals surface area (Å²) >= 11 is 0. The number of aromatic nitrogens is 2. The smallest absolute Gasteiger partial charge is 0.112 e. The van der Waals surface area contributed by atoms with Crippen molar-refractivity contribution in [3.63, 3.8) is 0 Å². The molecule has 1 aliphatic rings. The van der Waals surface area contributed by atoms with Gasteiger partial charge in [-0.3, -0.25) is 0 Å². The summed E-state index contributed by atoms with van der Waals surface area (Å²) in [5.74, 6) is 0.949. The minimum atomic E-state index is -0.686. The van der Waals surface area contributed by atoms with Crippen LogP contribution < -0.4 is 0 Å². The number of nitrogens with zero attached hydrogens (tertiary/aromatic N) is 2. The van der Waals surface area contributed by atoms with E-state index in [0.29, 0.717) is 12.8 Å². The van der Waals surface area contributed by atoms with Gasteiger partial charge in [-0.2, -0.15) is 0 Å². The van der Waals surface area contributed by atoms with E-state index >= 15 is 0 Å². The third kappa shape index (κ3) is 2.45. The number of rotatable bonds is 3. The predicted molar refractivity (Wildman–Crippen MR) is 78.6 cm³/mol. The fraction of sp³-hybridized carbons (Fsp3) is 0.562. The zero-order valence-electron chi connectivity index (χ0n) is 12.2.